The molecule has 0 aliphatic heterocycles. The topological polar surface area (TPSA) is 60.2 Å². The minimum atomic E-state index is -0.346. The SMILES string of the molecule is Cc1ccc(CC(=CCCCC=O)[N+](=O)[O-])cc1. The number of hydrogen-bond acceptors (Lipinski definition) is 3. The number of aldehydes is 1. The van der Waals surface area contributed by atoms with Crippen LogP contribution in [0, 0.1) is 17.0 Å². The van der Waals surface area contributed by atoms with Gasteiger partial charge in [-0.05, 0) is 31.4 Å². The van der Waals surface area contributed by atoms with E-state index in [1.807, 2.05) is 31.2 Å². The second-order valence-corrected chi connectivity index (χ2v) is 4.21. The first-order chi connectivity index (χ1) is 8.63. The zero-order valence-electron chi connectivity index (χ0n) is 10.5. The highest BCUT2D eigenvalue weighted by Crippen LogP contribution is 2.11. The summed E-state index contributed by atoms with van der Waals surface area (Å²) in [7, 11) is 0. The fourth-order valence-corrected chi connectivity index (χ4v) is 1.60. The molecule has 0 fully saturated rings. The zero-order valence-corrected chi connectivity index (χ0v) is 10.5. The summed E-state index contributed by atoms with van der Waals surface area (Å²) in [6.07, 6.45) is 4.46. The molecule has 18 heavy (non-hydrogen) atoms. The van der Waals surface area contributed by atoms with E-state index in [2.05, 4.69) is 0 Å². The highest BCUT2D eigenvalue weighted by Gasteiger charge is 2.10. The van der Waals surface area contributed by atoms with Crippen LogP contribution in [0.25, 0.3) is 0 Å². The number of benzene rings is 1. The molecule has 0 saturated heterocycles. The van der Waals surface area contributed by atoms with Gasteiger partial charge in [0.2, 0.25) is 5.70 Å². The number of carbonyl (C=O) groups excluding carboxylic acids is 1. The molecule has 0 unspecified atom stereocenters. The van der Waals surface area contributed by atoms with Crippen LogP contribution in [0.5, 0.6) is 0 Å². The Morgan fingerprint density at radius 3 is 2.50 bits per heavy atom. The lowest BCUT2D eigenvalue weighted by Crippen LogP contribution is -2.02. The predicted molar refractivity (Wildman–Crippen MR) is 69.9 cm³/mol. The van der Waals surface area contributed by atoms with E-state index < -0.39 is 0 Å². The van der Waals surface area contributed by atoms with Crippen LogP contribution >= 0.6 is 0 Å². The van der Waals surface area contributed by atoms with Crippen molar-refractivity contribution in [3.05, 3.63) is 57.3 Å². The average molecular weight is 247 g/mol. The molecule has 1 aromatic carbocycles. The van der Waals surface area contributed by atoms with Crippen molar-refractivity contribution in [1.29, 1.82) is 0 Å². The molecule has 0 atom stereocenters. The molecular weight excluding hydrogens is 230 g/mol. The molecule has 0 aliphatic rings. The first kappa shape index (κ1) is 14.1. The number of unbranched alkanes of at least 4 members (excludes halogenated alkanes) is 2. The molecule has 0 radical (unpaired) electrons. The Hall–Kier alpha value is -1.97. The fraction of sp³-hybridized carbons (Fsp3) is 0.357. The quantitative estimate of drug-likeness (QED) is 0.322. The molecule has 0 amide bonds. The number of allylic oxidation sites excluding steroid dienone is 2. The maximum Gasteiger partial charge on any atom is 0.246 e. The van der Waals surface area contributed by atoms with E-state index in [0.29, 0.717) is 25.7 Å². The molecule has 0 saturated carbocycles. The van der Waals surface area contributed by atoms with Crippen LogP contribution in [-0.2, 0) is 11.2 Å². The van der Waals surface area contributed by atoms with Gasteiger partial charge in [0, 0.05) is 6.42 Å². The van der Waals surface area contributed by atoms with Crippen molar-refractivity contribution in [1.82, 2.24) is 0 Å². The molecule has 4 heteroatoms. The Labute approximate surface area is 106 Å². The van der Waals surface area contributed by atoms with Gasteiger partial charge in [0.05, 0.1) is 11.3 Å². The van der Waals surface area contributed by atoms with Crippen LogP contribution < -0.4 is 0 Å². The van der Waals surface area contributed by atoms with E-state index in [4.69, 9.17) is 0 Å². The molecule has 1 rings (SSSR count). The van der Waals surface area contributed by atoms with Crippen molar-refractivity contribution < 1.29 is 9.72 Å². The van der Waals surface area contributed by atoms with Crippen molar-refractivity contribution in [3.8, 4) is 0 Å². The van der Waals surface area contributed by atoms with Crippen molar-refractivity contribution in [3.63, 3.8) is 0 Å². The molecule has 0 aliphatic carbocycles. The summed E-state index contributed by atoms with van der Waals surface area (Å²) in [5.41, 5.74) is 2.26. The van der Waals surface area contributed by atoms with Gasteiger partial charge in [-0.25, -0.2) is 0 Å². The molecule has 4 nitrogen and oxygen atoms in total. The molecule has 0 aromatic heterocycles. The molecule has 0 heterocycles. The summed E-state index contributed by atoms with van der Waals surface area (Å²) < 4.78 is 0. The highest BCUT2D eigenvalue weighted by molar-refractivity contribution is 5.49. The van der Waals surface area contributed by atoms with Gasteiger partial charge in [-0.3, -0.25) is 10.1 Å². The first-order valence-electron chi connectivity index (χ1n) is 5.96. The van der Waals surface area contributed by atoms with E-state index in [1.165, 1.54) is 0 Å². The van der Waals surface area contributed by atoms with Crippen LogP contribution in [-0.4, -0.2) is 11.2 Å². The van der Waals surface area contributed by atoms with E-state index in [9.17, 15) is 14.9 Å². The van der Waals surface area contributed by atoms with Crippen molar-refractivity contribution >= 4 is 6.29 Å². The minimum absolute atomic E-state index is 0.199. The Bertz CT molecular complexity index is 435. The van der Waals surface area contributed by atoms with E-state index in [1.54, 1.807) is 6.08 Å². The molecule has 0 bridgehead atoms. The average Bonchev–Trinajstić information content (AvgIpc) is 2.35. The lowest BCUT2D eigenvalue weighted by Gasteiger charge is -2.01. The summed E-state index contributed by atoms with van der Waals surface area (Å²) in [5.74, 6) is 0. The van der Waals surface area contributed by atoms with Crippen LogP contribution in [0.4, 0.5) is 0 Å². The van der Waals surface area contributed by atoms with Gasteiger partial charge in [0.25, 0.3) is 0 Å². The van der Waals surface area contributed by atoms with Gasteiger partial charge in [-0.1, -0.05) is 29.8 Å². The number of nitrogens with zero attached hydrogens (tertiary/aromatic N) is 1. The van der Waals surface area contributed by atoms with E-state index >= 15 is 0 Å². The van der Waals surface area contributed by atoms with Crippen molar-refractivity contribution in [2.75, 3.05) is 0 Å². The normalized spacial score (nSPS) is 11.3. The first-order valence-corrected chi connectivity index (χ1v) is 5.96. The smallest absolute Gasteiger partial charge is 0.246 e. The molecule has 0 N–H and O–H groups in total. The van der Waals surface area contributed by atoms with E-state index in [-0.39, 0.29) is 10.6 Å². The summed E-state index contributed by atoms with van der Waals surface area (Å²) in [6.45, 7) is 1.98. The highest BCUT2D eigenvalue weighted by atomic mass is 16.6. The fourth-order valence-electron chi connectivity index (χ4n) is 1.60. The van der Waals surface area contributed by atoms with Crippen molar-refractivity contribution in [2.24, 2.45) is 0 Å². The molecule has 1 aromatic rings. The molecular formula is C14H17NO3. The third kappa shape index (κ3) is 4.91. The van der Waals surface area contributed by atoms with Gasteiger partial charge >= 0.3 is 0 Å². The Morgan fingerprint density at radius 1 is 1.28 bits per heavy atom. The Balaban J connectivity index is 2.65. The number of nitro groups is 1. The summed E-state index contributed by atoms with van der Waals surface area (Å²) >= 11 is 0. The number of aryl methyl sites for hydroxylation is 1. The van der Waals surface area contributed by atoms with Gasteiger partial charge in [-0.15, -0.1) is 0 Å². The predicted octanol–water partition coefficient (Wildman–Crippen LogP) is 3.07. The summed E-state index contributed by atoms with van der Waals surface area (Å²) in [6, 6.07) is 7.69. The summed E-state index contributed by atoms with van der Waals surface area (Å²) in [4.78, 5) is 20.7. The standard InChI is InChI=1S/C14H17NO3/c1-12-6-8-13(9-7-12)11-14(15(17)18)5-3-2-4-10-16/h5-10H,2-4,11H2,1H3. The molecule has 96 valence electrons. The largest absolute Gasteiger partial charge is 0.303 e. The van der Waals surface area contributed by atoms with Crippen molar-refractivity contribution in [2.45, 2.75) is 32.6 Å². The third-order valence-electron chi connectivity index (χ3n) is 2.65. The third-order valence-corrected chi connectivity index (χ3v) is 2.65. The minimum Gasteiger partial charge on any atom is -0.303 e. The lowest BCUT2D eigenvalue weighted by molar-refractivity contribution is -0.427. The molecule has 0 spiro atoms. The van der Waals surface area contributed by atoms with Crippen LogP contribution in [0.3, 0.4) is 0 Å². The van der Waals surface area contributed by atoms with Gasteiger partial charge < -0.3 is 4.79 Å². The number of carbonyl (C=O) groups is 1. The maximum atomic E-state index is 10.9. The van der Waals surface area contributed by atoms with Crippen LogP contribution in [0.15, 0.2) is 36.0 Å². The Kier molecular flexibility index (Phi) is 5.77. The number of hydrogen-bond donors (Lipinski definition) is 0. The second kappa shape index (κ2) is 7.37. The maximum absolute atomic E-state index is 10.9. The van der Waals surface area contributed by atoms with E-state index in [0.717, 1.165) is 17.4 Å². The number of rotatable bonds is 7. The second-order valence-electron chi connectivity index (χ2n) is 4.21. The van der Waals surface area contributed by atoms with Crippen LogP contribution in [0.1, 0.15) is 30.4 Å². The van der Waals surface area contributed by atoms with Gasteiger partial charge in [-0.2, -0.15) is 0 Å². The van der Waals surface area contributed by atoms with Gasteiger partial charge in [0.15, 0.2) is 0 Å². The van der Waals surface area contributed by atoms with Crippen LogP contribution in [0.2, 0.25) is 0 Å². The lowest BCUT2D eigenvalue weighted by atomic mass is 10.1. The van der Waals surface area contributed by atoms with Gasteiger partial charge in [0.1, 0.15) is 6.29 Å². The zero-order chi connectivity index (χ0) is 13.4. The monoisotopic (exact) mass is 247 g/mol. The summed E-state index contributed by atoms with van der Waals surface area (Å²) in [5, 5.41) is 10.9. The Morgan fingerprint density at radius 2 is 1.94 bits per heavy atom.